The lowest BCUT2D eigenvalue weighted by Crippen LogP contribution is -2.37. The number of carbonyl (C=O) groups is 2. The molecule has 140 valence electrons. The molecule has 5 heteroatoms. The second-order valence-electron chi connectivity index (χ2n) is 6.93. The maximum atomic E-state index is 13.3. The van der Waals surface area contributed by atoms with Gasteiger partial charge in [0.15, 0.2) is 11.6 Å². The zero-order chi connectivity index (χ0) is 18.4. The summed E-state index contributed by atoms with van der Waals surface area (Å²) in [5.74, 6) is 1.73. The summed E-state index contributed by atoms with van der Waals surface area (Å²) in [6.07, 6.45) is 6.10. The molecule has 0 aromatic carbocycles. The van der Waals surface area contributed by atoms with Crippen LogP contribution < -0.4 is 0 Å². The summed E-state index contributed by atoms with van der Waals surface area (Å²) < 4.78 is 0. The fraction of sp³-hybridized carbons (Fsp3) is 0.524. The van der Waals surface area contributed by atoms with E-state index in [1.54, 1.807) is 0 Å². The molecule has 1 saturated carbocycles. The van der Waals surface area contributed by atoms with E-state index in [-0.39, 0.29) is 23.4 Å². The number of Topliss-reactive ketones (excluding diaryl/α,β-unsaturated/α-hetero) is 2. The van der Waals surface area contributed by atoms with Gasteiger partial charge in [-0.15, -0.1) is 22.7 Å². The molecule has 2 aromatic rings. The number of rotatable bonds is 9. The molecule has 0 spiro atoms. The van der Waals surface area contributed by atoms with E-state index in [4.69, 9.17) is 0 Å². The van der Waals surface area contributed by atoms with Crippen LogP contribution in [0, 0.1) is 11.8 Å². The van der Waals surface area contributed by atoms with Crippen molar-refractivity contribution in [2.75, 3.05) is 5.75 Å². The molecule has 2 heterocycles. The first-order valence-electron chi connectivity index (χ1n) is 9.46. The van der Waals surface area contributed by atoms with Crippen LogP contribution in [0.5, 0.6) is 0 Å². The molecule has 0 unspecified atom stereocenters. The minimum absolute atomic E-state index is 0.0202. The summed E-state index contributed by atoms with van der Waals surface area (Å²) >= 11 is 5.00. The first-order chi connectivity index (χ1) is 12.7. The zero-order valence-electron chi connectivity index (χ0n) is 15.2. The van der Waals surface area contributed by atoms with Gasteiger partial charge in [0.1, 0.15) is 0 Å². The lowest BCUT2D eigenvalue weighted by Gasteiger charge is -2.36. The van der Waals surface area contributed by atoms with Gasteiger partial charge in [0.25, 0.3) is 0 Å². The molecule has 1 fully saturated rings. The molecular weight excluding hydrogens is 380 g/mol. The Bertz CT molecular complexity index is 691. The van der Waals surface area contributed by atoms with E-state index in [9.17, 15) is 9.59 Å². The molecule has 2 nitrogen and oxygen atoms in total. The third-order valence-corrected chi connectivity index (χ3v) is 8.39. The summed E-state index contributed by atoms with van der Waals surface area (Å²) in [4.78, 5) is 27.6. The van der Waals surface area contributed by atoms with Gasteiger partial charge in [0.05, 0.1) is 9.75 Å². The van der Waals surface area contributed by atoms with Gasteiger partial charge in [-0.25, -0.2) is 0 Å². The summed E-state index contributed by atoms with van der Waals surface area (Å²) in [5, 5.41) is 4.28. The van der Waals surface area contributed by atoms with Gasteiger partial charge in [-0.1, -0.05) is 31.9 Å². The normalized spacial score (nSPS) is 23.0. The van der Waals surface area contributed by atoms with E-state index < -0.39 is 0 Å². The summed E-state index contributed by atoms with van der Waals surface area (Å²) in [6.45, 7) is 2.21. The van der Waals surface area contributed by atoms with Crippen LogP contribution in [0.4, 0.5) is 0 Å². The lowest BCUT2D eigenvalue weighted by atomic mass is 9.74. The monoisotopic (exact) mass is 406 g/mol. The van der Waals surface area contributed by atoms with Gasteiger partial charge >= 0.3 is 0 Å². The molecule has 3 atom stereocenters. The third-order valence-electron chi connectivity index (χ3n) is 5.11. The van der Waals surface area contributed by atoms with Crippen molar-refractivity contribution in [2.24, 2.45) is 11.8 Å². The molecule has 0 N–H and O–H groups in total. The van der Waals surface area contributed by atoms with Crippen LogP contribution in [0.3, 0.4) is 0 Å². The molecule has 26 heavy (non-hydrogen) atoms. The maximum absolute atomic E-state index is 13.3. The van der Waals surface area contributed by atoms with Crippen molar-refractivity contribution in [1.82, 2.24) is 0 Å². The van der Waals surface area contributed by atoms with Crippen LogP contribution in [-0.2, 0) is 0 Å². The quantitative estimate of drug-likeness (QED) is 0.348. The van der Waals surface area contributed by atoms with Crippen molar-refractivity contribution in [2.45, 2.75) is 50.7 Å². The Morgan fingerprint density at radius 3 is 2.50 bits per heavy atom. The smallest absolute Gasteiger partial charge is 0.177 e. The molecule has 0 aliphatic heterocycles. The summed E-state index contributed by atoms with van der Waals surface area (Å²) in [5.41, 5.74) is 0. The zero-order valence-corrected chi connectivity index (χ0v) is 17.6. The molecule has 3 rings (SSSR count). The van der Waals surface area contributed by atoms with E-state index in [1.807, 2.05) is 46.8 Å². The Morgan fingerprint density at radius 2 is 1.85 bits per heavy atom. The minimum atomic E-state index is -0.0202. The molecule has 0 amide bonds. The highest BCUT2D eigenvalue weighted by Crippen LogP contribution is 2.42. The largest absolute Gasteiger partial charge is 0.293 e. The van der Waals surface area contributed by atoms with Crippen LogP contribution in [-0.4, -0.2) is 22.6 Å². The number of unbranched alkanes of at least 4 members (excludes halogenated alkanes) is 1. The fourth-order valence-corrected chi connectivity index (χ4v) is 6.81. The summed E-state index contributed by atoms with van der Waals surface area (Å²) in [6, 6.07) is 7.72. The van der Waals surface area contributed by atoms with E-state index in [1.165, 1.54) is 35.5 Å². The number of thioether (sulfide) groups is 1. The topological polar surface area (TPSA) is 34.1 Å². The second-order valence-corrected chi connectivity index (χ2v) is 10.2. The van der Waals surface area contributed by atoms with E-state index >= 15 is 0 Å². The van der Waals surface area contributed by atoms with Gasteiger partial charge in [0, 0.05) is 17.6 Å². The average molecular weight is 407 g/mol. The van der Waals surface area contributed by atoms with E-state index in [0.29, 0.717) is 11.7 Å². The highest BCUT2D eigenvalue weighted by atomic mass is 32.2. The maximum Gasteiger partial charge on any atom is 0.177 e. The van der Waals surface area contributed by atoms with Crippen molar-refractivity contribution in [3.8, 4) is 0 Å². The first kappa shape index (κ1) is 19.8. The molecule has 0 bridgehead atoms. The molecule has 1 aliphatic carbocycles. The second kappa shape index (κ2) is 9.86. The van der Waals surface area contributed by atoms with Crippen molar-refractivity contribution in [3.05, 3.63) is 44.8 Å². The van der Waals surface area contributed by atoms with Crippen molar-refractivity contribution < 1.29 is 9.59 Å². The van der Waals surface area contributed by atoms with E-state index in [2.05, 4.69) is 6.92 Å². The number of thiophene rings is 2. The number of ketones is 2. The highest BCUT2D eigenvalue weighted by Gasteiger charge is 2.40. The molecular formula is C21H26O2S3. The van der Waals surface area contributed by atoms with Gasteiger partial charge < -0.3 is 0 Å². The van der Waals surface area contributed by atoms with Crippen LogP contribution in [0.25, 0.3) is 0 Å². The predicted octanol–water partition coefficient (Wildman–Crippen LogP) is 6.58. The number of hydrogen-bond acceptors (Lipinski definition) is 5. The third kappa shape index (κ3) is 4.87. The predicted molar refractivity (Wildman–Crippen MR) is 114 cm³/mol. The summed E-state index contributed by atoms with van der Waals surface area (Å²) in [7, 11) is 0. The number of carbonyl (C=O) groups excluding carboxylic acids is 2. The fourth-order valence-electron chi connectivity index (χ4n) is 3.78. The number of hydrogen-bond donors (Lipinski definition) is 0. The molecule has 0 radical (unpaired) electrons. The van der Waals surface area contributed by atoms with Gasteiger partial charge in [-0.2, -0.15) is 11.8 Å². The van der Waals surface area contributed by atoms with Crippen LogP contribution >= 0.6 is 34.4 Å². The Morgan fingerprint density at radius 1 is 1.12 bits per heavy atom. The SMILES string of the molecule is CCCCS[C@@H]1CCC[C@H](CC(=O)c2cccs2)[C@H]1C(=O)c1cccs1. The van der Waals surface area contributed by atoms with Gasteiger partial charge in [-0.05, 0) is 53.8 Å². The van der Waals surface area contributed by atoms with Crippen LogP contribution in [0.2, 0.25) is 0 Å². The van der Waals surface area contributed by atoms with Crippen molar-refractivity contribution in [3.63, 3.8) is 0 Å². The Kier molecular flexibility index (Phi) is 7.52. The van der Waals surface area contributed by atoms with Gasteiger partial charge in [0.2, 0.25) is 0 Å². The van der Waals surface area contributed by atoms with Gasteiger partial charge in [-0.3, -0.25) is 9.59 Å². The van der Waals surface area contributed by atoms with E-state index in [0.717, 1.165) is 34.8 Å². The minimum Gasteiger partial charge on any atom is -0.293 e. The Balaban J connectivity index is 1.77. The first-order valence-corrected chi connectivity index (χ1v) is 12.3. The molecule has 0 saturated heterocycles. The molecule has 1 aliphatic rings. The van der Waals surface area contributed by atoms with Crippen molar-refractivity contribution >= 4 is 46.0 Å². The Labute approximate surface area is 168 Å². The molecule has 2 aromatic heterocycles. The highest BCUT2D eigenvalue weighted by molar-refractivity contribution is 7.99. The van der Waals surface area contributed by atoms with Crippen molar-refractivity contribution in [1.29, 1.82) is 0 Å². The average Bonchev–Trinajstić information content (AvgIpc) is 3.35. The van der Waals surface area contributed by atoms with Crippen LogP contribution in [0.15, 0.2) is 35.0 Å². The van der Waals surface area contributed by atoms with Crippen LogP contribution in [0.1, 0.15) is 64.8 Å². The Hall–Kier alpha value is -0.910. The lowest BCUT2D eigenvalue weighted by molar-refractivity contribution is 0.0798. The standard InChI is InChI=1S/C21H26O2S3/c1-2-3-11-25-18-8-4-7-15(14-16(22)17-9-5-12-24-17)20(18)21(23)19-10-6-13-26-19/h5-6,9-10,12-13,15,18,20H,2-4,7-8,11,14H2,1H3/t15-,18-,20-/m1/s1.